The zero-order valence-electron chi connectivity index (χ0n) is 12.5. The van der Waals surface area contributed by atoms with Gasteiger partial charge in [-0.3, -0.25) is 0 Å². The Hall–Kier alpha value is -1.26. The van der Waals surface area contributed by atoms with Crippen molar-refractivity contribution in [3.05, 3.63) is 23.8 Å². The molecule has 2 rings (SSSR count). The van der Waals surface area contributed by atoms with E-state index in [1.54, 1.807) is 0 Å². The van der Waals surface area contributed by atoms with Crippen molar-refractivity contribution in [2.45, 2.75) is 39.3 Å². The van der Waals surface area contributed by atoms with Crippen LogP contribution in [0.15, 0.2) is 18.2 Å². The second-order valence-electron chi connectivity index (χ2n) is 4.91. The van der Waals surface area contributed by atoms with Crippen molar-refractivity contribution >= 4 is 0 Å². The molecule has 1 heterocycles. The van der Waals surface area contributed by atoms with E-state index in [-0.39, 0.29) is 0 Å². The first kappa shape index (κ1) is 15.1. The van der Waals surface area contributed by atoms with Crippen LogP contribution in [0, 0.1) is 0 Å². The summed E-state index contributed by atoms with van der Waals surface area (Å²) in [6.45, 7) is 7.90. The van der Waals surface area contributed by atoms with E-state index in [1.807, 2.05) is 19.9 Å². The molecule has 0 unspecified atom stereocenters. The summed E-state index contributed by atoms with van der Waals surface area (Å²) < 4.78 is 16.8. The Morgan fingerprint density at radius 3 is 2.70 bits per heavy atom. The number of hydrogen-bond acceptors (Lipinski definition) is 4. The molecular weight excluding hydrogens is 254 g/mol. The molecule has 1 aromatic carbocycles. The van der Waals surface area contributed by atoms with Crippen LogP contribution < -0.4 is 14.8 Å². The van der Waals surface area contributed by atoms with E-state index >= 15 is 0 Å². The van der Waals surface area contributed by atoms with Crippen LogP contribution in [0.2, 0.25) is 0 Å². The normalized spacial score (nSPS) is 18.2. The number of hydrogen-bond donors (Lipinski definition) is 1. The third-order valence-electron chi connectivity index (χ3n) is 3.33. The van der Waals surface area contributed by atoms with E-state index in [0.717, 1.165) is 31.2 Å². The minimum Gasteiger partial charge on any atom is -0.490 e. The van der Waals surface area contributed by atoms with Crippen LogP contribution in [0.1, 0.15) is 32.3 Å². The highest BCUT2D eigenvalue weighted by Crippen LogP contribution is 2.28. The number of ether oxygens (including phenoxy) is 3. The maximum atomic E-state index is 5.63. The third kappa shape index (κ3) is 4.39. The van der Waals surface area contributed by atoms with Gasteiger partial charge in [-0.1, -0.05) is 6.07 Å². The van der Waals surface area contributed by atoms with E-state index in [1.165, 1.54) is 18.4 Å². The Bertz CT molecular complexity index is 403. The molecule has 1 atom stereocenters. The van der Waals surface area contributed by atoms with Gasteiger partial charge >= 0.3 is 0 Å². The monoisotopic (exact) mass is 279 g/mol. The second-order valence-corrected chi connectivity index (χ2v) is 4.91. The summed E-state index contributed by atoms with van der Waals surface area (Å²) in [6.07, 6.45) is 2.73. The topological polar surface area (TPSA) is 39.7 Å². The van der Waals surface area contributed by atoms with Crippen LogP contribution in [0.4, 0.5) is 0 Å². The molecule has 4 nitrogen and oxygen atoms in total. The molecule has 0 saturated carbocycles. The smallest absolute Gasteiger partial charge is 0.161 e. The molecule has 0 aromatic heterocycles. The SMILES string of the molecule is CCOc1ccc(CNC[C@@H]2CCCO2)cc1OCC. The highest BCUT2D eigenvalue weighted by Gasteiger charge is 2.14. The molecule has 0 aliphatic carbocycles. The molecule has 1 N–H and O–H groups in total. The second kappa shape index (κ2) is 8.12. The lowest BCUT2D eigenvalue weighted by Crippen LogP contribution is -2.25. The Labute approximate surface area is 121 Å². The zero-order valence-corrected chi connectivity index (χ0v) is 12.5. The number of benzene rings is 1. The summed E-state index contributed by atoms with van der Waals surface area (Å²) in [5, 5.41) is 3.44. The van der Waals surface area contributed by atoms with Gasteiger partial charge in [0.1, 0.15) is 0 Å². The molecule has 1 fully saturated rings. The summed E-state index contributed by atoms with van der Waals surface area (Å²) >= 11 is 0. The molecule has 1 aromatic rings. The van der Waals surface area contributed by atoms with Gasteiger partial charge in [-0.25, -0.2) is 0 Å². The molecule has 112 valence electrons. The fraction of sp³-hybridized carbons (Fsp3) is 0.625. The lowest BCUT2D eigenvalue weighted by molar-refractivity contribution is 0.110. The summed E-state index contributed by atoms with van der Waals surface area (Å²) in [4.78, 5) is 0. The maximum absolute atomic E-state index is 5.63. The molecular formula is C16H25NO3. The Morgan fingerprint density at radius 2 is 2.00 bits per heavy atom. The largest absolute Gasteiger partial charge is 0.490 e. The van der Waals surface area contributed by atoms with Crippen LogP contribution in [0.25, 0.3) is 0 Å². The highest BCUT2D eigenvalue weighted by molar-refractivity contribution is 5.43. The minimum absolute atomic E-state index is 0.379. The van der Waals surface area contributed by atoms with E-state index in [4.69, 9.17) is 14.2 Å². The predicted octanol–water partition coefficient (Wildman–Crippen LogP) is 2.75. The molecule has 1 saturated heterocycles. The van der Waals surface area contributed by atoms with Crippen molar-refractivity contribution in [3.8, 4) is 11.5 Å². The van der Waals surface area contributed by atoms with Crippen molar-refractivity contribution in [3.63, 3.8) is 0 Å². The highest BCUT2D eigenvalue weighted by atomic mass is 16.5. The van der Waals surface area contributed by atoms with E-state index < -0.39 is 0 Å². The Kier molecular flexibility index (Phi) is 6.15. The van der Waals surface area contributed by atoms with Crippen molar-refractivity contribution in [1.82, 2.24) is 5.32 Å². The molecule has 20 heavy (non-hydrogen) atoms. The first-order chi connectivity index (χ1) is 9.83. The standard InChI is InChI=1S/C16H25NO3/c1-3-18-15-8-7-13(10-16(15)19-4-2)11-17-12-14-6-5-9-20-14/h7-8,10,14,17H,3-6,9,11-12H2,1-2H3/t14-/m0/s1. The average Bonchev–Trinajstić information content (AvgIpc) is 2.95. The number of rotatable bonds is 8. The van der Waals surface area contributed by atoms with Crippen molar-refractivity contribution < 1.29 is 14.2 Å². The van der Waals surface area contributed by atoms with Gasteiger partial charge in [-0.15, -0.1) is 0 Å². The first-order valence-corrected chi connectivity index (χ1v) is 7.54. The van der Waals surface area contributed by atoms with Gasteiger partial charge in [-0.05, 0) is 44.4 Å². The molecule has 1 aliphatic rings. The van der Waals surface area contributed by atoms with E-state index in [2.05, 4.69) is 17.4 Å². The van der Waals surface area contributed by atoms with Crippen molar-refractivity contribution in [1.29, 1.82) is 0 Å². The van der Waals surface area contributed by atoms with Crippen LogP contribution in [0.5, 0.6) is 11.5 Å². The summed E-state index contributed by atoms with van der Waals surface area (Å²) in [5.41, 5.74) is 1.20. The zero-order chi connectivity index (χ0) is 14.2. The fourth-order valence-electron chi connectivity index (χ4n) is 2.39. The predicted molar refractivity (Wildman–Crippen MR) is 79.5 cm³/mol. The fourth-order valence-corrected chi connectivity index (χ4v) is 2.39. The van der Waals surface area contributed by atoms with Crippen molar-refractivity contribution in [2.24, 2.45) is 0 Å². The Balaban J connectivity index is 1.88. The molecule has 0 bridgehead atoms. The third-order valence-corrected chi connectivity index (χ3v) is 3.33. The first-order valence-electron chi connectivity index (χ1n) is 7.54. The van der Waals surface area contributed by atoms with Crippen molar-refractivity contribution in [2.75, 3.05) is 26.4 Å². The maximum Gasteiger partial charge on any atom is 0.161 e. The minimum atomic E-state index is 0.379. The van der Waals surface area contributed by atoms with Crippen LogP contribution >= 0.6 is 0 Å². The van der Waals surface area contributed by atoms with Crippen LogP contribution in [-0.2, 0) is 11.3 Å². The quantitative estimate of drug-likeness (QED) is 0.794. The molecule has 0 radical (unpaired) electrons. The summed E-state index contributed by atoms with van der Waals surface area (Å²) in [6, 6.07) is 6.12. The molecule has 4 heteroatoms. The van der Waals surface area contributed by atoms with Crippen LogP contribution in [0.3, 0.4) is 0 Å². The molecule has 1 aliphatic heterocycles. The van der Waals surface area contributed by atoms with Crippen LogP contribution in [-0.4, -0.2) is 32.5 Å². The average molecular weight is 279 g/mol. The van der Waals surface area contributed by atoms with Gasteiger partial charge in [0.15, 0.2) is 11.5 Å². The lowest BCUT2D eigenvalue weighted by Gasteiger charge is -2.14. The molecule has 0 amide bonds. The van der Waals surface area contributed by atoms with E-state index in [0.29, 0.717) is 19.3 Å². The van der Waals surface area contributed by atoms with Gasteiger partial charge in [0.25, 0.3) is 0 Å². The summed E-state index contributed by atoms with van der Waals surface area (Å²) in [7, 11) is 0. The Morgan fingerprint density at radius 1 is 1.20 bits per heavy atom. The van der Waals surface area contributed by atoms with Gasteiger partial charge in [0.05, 0.1) is 19.3 Å². The van der Waals surface area contributed by atoms with Gasteiger partial charge < -0.3 is 19.5 Å². The molecule has 0 spiro atoms. The summed E-state index contributed by atoms with van der Waals surface area (Å²) in [5.74, 6) is 1.64. The lowest BCUT2D eigenvalue weighted by atomic mass is 10.2. The number of nitrogens with one attached hydrogen (secondary N) is 1. The van der Waals surface area contributed by atoms with Gasteiger partial charge in [0, 0.05) is 19.7 Å². The van der Waals surface area contributed by atoms with E-state index in [9.17, 15) is 0 Å². The van der Waals surface area contributed by atoms with Gasteiger partial charge in [-0.2, -0.15) is 0 Å². The van der Waals surface area contributed by atoms with Gasteiger partial charge in [0.2, 0.25) is 0 Å².